The van der Waals surface area contributed by atoms with E-state index in [2.05, 4.69) is 203 Å². The molecule has 1 aliphatic heterocycles. The Morgan fingerprint density at radius 2 is 0.965 bits per heavy atom. The first kappa shape index (κ1) is 32.3. The number of hydrogen-bond donors (Lipinski definition) is 3. The van der Waals surface area contributed by atoms with Crippen molar-refractivity contribution in [2.45, 2.75) is 18.5 Å². The lowest BCUT2D eigenvalue weighted by molar-refractivity contribution is 0.203. The van der Waals surface area contributed by atoms with Gasteiger partial charge in [-0.1, -0.05) is 133 Å². The molecule has 0 bridgehead atoms. The van der Waals surface area contributed by atoms with Crippen molar-refractivity contribution >= 4 is 65.7 Å². The van der Waals surface area contributed by atoms with Gasteiger partial charge in [0, 0.05) is 49.6 Å². The summed E-state index contributed by atoms with van der Waals surface area (Å²) in [6.07, 6.45) is -0.252. The van der Waals surface area contributed by atoms with E-state index in [1.165, 1.54) is 32.9 Å². The van der Waals surface area contributed by atoms with Crippen molar-refractivity contribution in [2.75, 3.05) is 0 Å². The first-order valence-electron chi connectivity index (χ1n) is 19.5. The minimum absolute atomic E-state index is 0.0591. The maximum Gasteiger partial charge on any atom is 0.143 e. The van der Waals surface area contributed by atoms with Crippen molar-refractivity contribution in [3.8, 4) is 16.8 Å². The molecule has 8 aromatic carbocycles. The molecule has 0 aliphatic carbocycles. The molecule has 2 atom stereocenters. The lowest BCUT2D eigenvalue weighted by Crippen LogP contribution is -2.54. The van der Waals surface area contributed by atoms with Crippen LogP contribution in [0.5, 0.6) is 0 Å². The van der Waals surface area contributed by atoms with E-state index in [-0.39, 0.29) is 18.5 Å². The number of fused-ring (bicyclic) bond motifs is 9. The Balaban J connectivity index is 0.986. The second-order valence-electron chi connectivity index (χ2n) is 15.0. The van der Waals surface area contributed by atoms with E-state index >= 15 is 0 Å². The number of nitrogens with zero attached hydrogens (tertiary/aromatic N) is 1. The highest BCUT2D eigenvalue weighted by Gasteiger charge is 2.30. The van der Waals surface area contributed by atoms with Crippen LogP contribution in [0.4, 0.5) is 0 Å². The van der Waals surface area contributed by atoms with Gasteiger partial charge in [-0.05, 0) is 64.7 Å². The molecule has 1 fully saturated rings. The summed E-state index contributed by atoms with van der Waals surface area (Å²) in [5.74, 6) is 0. The van der Waals surface area contributed by atoms with Crippen molar-refractivity contribution in [3.63, 3.8) is 0 Å². The largest absolute Gasteiger partial charge is 0.456 e. The van der Waals surface area contributed by atoms with E-state index in [0.717, 1.165) is 66.3 Å². The van der Waals surface area contributed by atoms with Crippen LogP contribution < -0.4 is 16.0 Å². The molecule has 12 rings (SSSR count). The Kier molecular flexibility index (Phi) is 7.25. The molecule has 0 amide bonds. The number of rotatable bonds is 5. The molecule has 57 heavy (non-hydrogen) atoms. The van der Waals surface area contributed by atoms with Gasteiger partial charge in [0.2, 0.25) is 0 Å². The minimum Gasteiger partial charge on any atom is -0.456 e. The summed E-state index contributed by atoms with van der Waals surface area (Å²) in [7, 11) is 0. The standard InChI is InChI=1S/C51H36N4O2/c1-3-13-31(14-4-1)49-52-50(32-15-5-2-6-16-32)54-51(53-49)33-25-28-44-41(29-33)47-38(19-12-24-45(47)56-44)40-21-11-20-39-37-27-26-34(30-46(37)57-48(39)40)55-42-22-9-7-17-35(42)36-18-8-10-23-43(36)55/h1-30,49-54H. The van der Waals surface area contributed by atoms with Crippen LogP contribution in [0.2, 0.25) is 0 Å². The third-order valence-corrected chi connectivity index (χ3v) is 11.7. The van der Waals surface area contributed by atoms with Crippen LogP contribution in [0.15, 0.2) is 191 Å². The Bertz CT molecular complexity index is 3210. The van der Waals surface area contributed by atoms with Crippen molar-refractivity contribution in [3.05, 3.63) is 199 Å². The molecule has 0 spiro atoms. The molecule has 0 radical (unpaired) electrons. The van der Waals surface area contributed by atoms with E-state index in [1.54, 1.807) is 0 Å². The average Bonchev–Trinajstić information content (AvgIpc) is 3.96. The molecule has 0 saturated carbocycles. The zero-order chi connectivity index (χ0) is 37.5. The minimum atomic E-state index is -0.134. The average molecular weight is 737 g/mol. The summed E-state index contributed by atoms with van der Waals surface area (Å²) in [6.45, 7) is 0. The summed E-state index contributed by atoms with van der Waals surface area (Å²) in [5.41, 5.74) is 12.4. The summed E-state index contributed by atoms with van der Waals surface area (Å²) >= 11 is 0. The van der Waals surface area contributed by atoms with Crippen LogP contribution in [-0.4, -0.2) is 4.57 Å². The Morgan fingerprint density at radius 1 is 0.368 bits per heavy atom. The lowest BCUT2D eigenvalue weighted by atomic mass is 9.96. The van der Waals surface area contributed by atoms with Crippen molar-refractivity contribution in [1.82, 2.24) is 20.5 Å². The van der Waals surface area contributed by atoms with Crippen molar-refractivity contribution in [2.24, 2.45) is 0 Å². The van der Waals surface area contributed by atoms with E-state index in [9.17, 15) is 0 Å². The van der Waals surface area contributed by atoms with Crippen molar-refractivity contribution in [1.29, 1.82) is 0 Å². The molecule has 6 heteroatoms. The number of aromatic nitrogens is 1. The van der Waals surface area contributed by atoms with Crippen LogP contribution >= 0.6 is 0 Å². The molecule has 1 saturated heterocycles. The zero-order valence-electron chi connectivity index (χ0n) is 30.8. The molecule has 6 nitrogen and oxygen atoms in total. The fourth-order valence-corrected chi connectivity index (χ4v) is 9.10. The number of furan rings is 2. The van der Waals surface area contributed by atoms with Gasteiger partial charge in [-0.15, -0.1) is 0 Å². The monoisotopic (exact) mass is 736 g/mol. The number of nitrogens with one attached hydrogen (secondary N) is 3. The Hall–Kier alpha value is -6.96. The SMILES string of the molecule is c1ccc(C2NC(c3ccccc3)NC(c3ccc4oc5cccc(-c6cccc7c6oc6cc(-n8c9ccccc9c9ccccc98)ccc67)c5c4c3)N2)cc1. The van der Waals surface area contributed by atoms with Gasteiger partial charge >= 0.3 is 0 Å². The fraction of sp³-hybridized carbons (Fsp3) is 0.0588. The summed E-state index contributed by atoms with van der Waals surface area (Å²) < 4.78 is 15.8. The van der Waals surface area contributed by atoms with Crippen molar-refractivity contribution < 1.29 is 8.83 Å². The summed E-state index contributed by atoms with van der Waals surface area (Å²) in [6, 6.07) is 64.3. The molecular weight excluding hydrogens is 701 g/mol. The molecule has 2 unspecified atom stereocenters. The van der Waals surface area contributed by atoms with E-state index in [1.807, 2.05) is 0 Å². The first-order chi connectivity index (χ1) is 28.2. The molecule has 272 valence electrons. The van der Waals surface area contributed by atoms with Crippen LogP contribution in [-0.2, 0) is 0 Å². The highest BCUT2D eigenvalue weighted by molar-refractivity contribution is 6.17. The third-order valence-electron chi connectivity index (χ3n) is 11.7. The van der Waals surface area contributed by atoms with Gasteiger partial charge in [0.05, 0.1) is 29.5 Å². The molecular formula is C51H36N4O2. The topological polar surface area (TPSA) is 67.3 Å². The van der Waals surface area contributed by atoms with E-state index in [0.29, 0.717) is 0 Å². The quantitative estimate of drug-likeness (QED) is 0.164. The highest BCUT2D eigenvalue weighted by atomic mass is 16.3. The molecule has 11 aromatic rings. The number of hydrogen-bond acceptors (Lipinski definition) is 5. The smallest absolute Gasteiger partial charge is 0.143 e. The second kappa shape index (κ2) is 12.8. The number of benzene rings is 8. The van der Waals surface area contributed by atoms with Gasteiger partial charge in [-0.25, -0.2) is 0 Å². The normalized spacial score (nSPS) is 17.4. The zero-order valence-corrected chi connectivity index (χ0v) is 30.8. The van der Waals surface area contributed by atoms with E-state index < -0.39 is 0 Å². The maximum atomic E-state index is 6.89. The van der Waals surface area contributed by atoms with Gasteiger partial charge in [0.25, 0.3) is 0 Å². The van der Waals surface area contributed by atoms with Gasteiger partial charge in [0.1, 0.15) is 22.3 Å². The molecule has 3 N–H and O–H groups in total. The Labute approximate surface area is 327 Å². The van der Waals surface area contributed by atoms with E-state index in [4.69, 9.17) is 8.83 Å². The predicted molar refractivity (Wildman–Crippen MR) is 231 cm³/mol. The molecule has 4 heterocycles. The molecule has 3 aromatic heterocycles. The maximum absolute atomic E-state index is 6.89. The van der Waals surface area contributed by atoms with Crippen LogP contribution in [0.1, 0.15) is 35.2 Å². The van der Waals surface area contributed by atoms with Crippen LogP contribution in [0.3, 0.4) is 0 Å². The highest BCUT2D eigenvalue weighted by Crippen LogP contribution is 2.43. The molecule has 1 aliphatic rings. The summed E-state index contributed by atoms with van der Waals surface area (Å²) in [5, 5.41) is 18.3. The van der Waals surface area contributed by atoms with Gasteiger partial charge in [-0.2, -0.15) is 0 Å². The lowest BCUT2D eigenvalue weighted by Gasteiger charge is -2.39. The fourth-order valence-electron chi connectivity index (χ4n) is 9.10. The van der Waals surface area contributed by atoms with Gasteiger partial charge in [-0.3, -0.25) is 16.0 Å². The second-order valence-corrected chi connectivity index (χ2v) is 15.0. The Morgan fingerprint density at radius 3 is 1.67 bits per heavy atom. The van der Waals surface area contributed by atoms with Gasteiger partial charge < -0.3 is 13.4 Å². The summed E-state index contributed by atoms with van der Waals surface area (Å²) in [4.78, 5) is 0. The predicted octanol–water partition coefficient (Wildman–Crippen LogP) is 12.4. The van der Waals surface area contributed by atoms with Crippen LogP contribution in [0.25, 0.3) is 82.5 Å². The van der Waals surface area contributed by atoms with Gasteiger partial charge in [0.15, 0.2) is 0 Å². The van der Waals surface area contributed by atoms with Crippen LogP contribution in [0, 0.1) is 0 Å². The third kappa shape index (κ3) is 5.16. The first-order valence-corrected chi connectivity index (χ1v) is 19.5. The number of para-hydroxylation sites is 3.